The molecule has 9 aromatic rings. The topological polar surface area (TPSA) is 369 Å². The van der Waals surface area contributed by atoms with Gasteiger partial charge >= 0.3 is 0 Å². The van der Waals surface area contributed by atoms with Gasteiger partial charge in [-0.1, -0.05) is 18.2 Å². The number of aromatic hydroxyl groups is 3. The first-order valence-electron chi connectivity index (χ1n) is 32.7. The van der Waals surface area contributed by atoms with Gasteiger partial charge in [-0.25, -0.2) is 0 Å². The van der Waals surface area contributed by atoms with E-state index >= 15 is 0 Å². The van der Waals surface area contributed by atoms with Crippen LogP contribution in [0.15, 0.2) is 72.8 Å². The summed E-state index contributed by atoms with van der Waals surface area (Å²) in [4.78, 5) is 81.0. The number of methoxy groups -OCH3 is 3. The molecule has 13 N–H and O–H groups in total. The van der Waals surface area contributed by atoms with Gasteiger partial charge in [0.2, 0.25) is 0 Å². The fourth-order valence-electron chi connectivity index (χ4n) is 11.6. The lowest BCUT2D eigenvalue weighted by atomic mass is 9.95. The molecule has 3 aliphatic carbocycles. The Balaban J connectivity index is 0.000000170. The molecule has 0 unspecified atom stereocenters. The predicted octanol–water partition coefficient (Wildman–Crippen LogP) is 11.0. The van der Waals surface area contributed by atoms with Gasteiger partial charge in [0.25, 0.3) is 35.4 Å². The van der Waals surface area contributed by atoms with E-state index in [1.807, 2.05) is 39.0 Å². The van der Waals surface area contributed by atoms with Gasteiger partial charge in [-0.05, 0) is 193 Å². The Morgan fingerprint density at radius 1 is 0.424 bits per heavy atom. The van der Waals surface area contributed by atoms with Gasteiger partial charge < -0.3 is 66.5 Å². The highest BCUT2D eigenvalue weighted by atomic mass is 32.1. The number of amides is 6. The number of carbonyl (C=O) groups is 6. The molecule has 25 nitrogen and oxygen atoms in total. The molecule has 0 bridgehead atoms. The maximum absolute atomic E-state index is 13.0. The van der Waals surface area contributed by atoms with Crippen molar-refractivity contribution in [3.8, 4) is 51.0 Å². The molecule has 12 rings (SSSR count). The fourth-order valence-corrected chi connectivity index (χ4v) is 15.4. The van der Waals surface area contributed by atoms with Crippen molar-refractivity contribution in [2.75, 3.05) is 83.3 Å². The number of thiophene rings is 3. The van der Waals surface area contributed by atoms with Crippen LogP contribution in [-0.2, 0) is 52.7 Å². The zero-order valence-corrected chi connectivity index (χ0v) is 58.8. The number of ether oxygens (including phenoxy) is 3. The van der Waals surface area contributed by atoms with Crippen molar-refractivity contribution in [1.82, 2.24) is 46.5 Å². The molecular formula is C71H84N12O13S3. The van der Waals surface area contributed by atoms with Crippen LogP contribution in [-0.4, -0.2) is 154 Å². The molecular weight excluding hydrogens is 1330 g/mol. The van der Waals surface area contributed by atoms with E-state index in [1.165, 1.54) is 34.0 Å². The summed E-state index contributed by atoms with van der Waals surface area (Å²) in [6.45, 7) is 10.0. The van der Waals surface area contributed by atoms with Gasteiger partial charge in [-0.3, -0.25) is 44.1 Å². The number of fused-ring (bicyclic) bond motifs is 3. The minimum atomic E-state index is -0.389. The quantitative estimate of drug-likeness (QED) is 0.0297. The molecule has 0 spiro atoms. The third-order valence-corrected chi connectivity index (χ3v) is 20.0. The van der Waals surface area contributed by atoms with E-state index in [1.54, 1.807) is 82.9 Å². The average Bonchev–Trinajstić information content (AvgIpc) is 1.65. The first-order chi connectivity index (χ1) is 47.8. The molecule has 0 saturated carbocycles. The van der Waals surface area contributed by atoms with Crippen LogP contribution < -0.4 is 31.9 Å². The number of hydrogen-bond acceptors (Lipinski definition) is 19. The lowest BCUT2D eigenvalue weighted by Crippen LogP contribution is -2.28. The molecule has 0 saturated heterocycles. The summed E-state index contributed by atoms with van der Waals surface area (Å²) in [6, 6.07) is 20.6. The Kier molecular flexibility index (Phi) is 26.3. The maximum atomic E-state index is 13.0. The lowest BCUT2D eigenvalue weighted by molar-refractivity contribution is 0.0929. The van der Waals surface area contributed by atoms with Crippen LogP contribution in [0.4, 0.5) is 15.0 Å². The summed E-state index contributed by atoms with van der Waals surface area (Å²) >= 11 is 4.38. The van der Waals surface area contributed by atoms with E-state index in [-0.39, 0.29) is 76.4 Å². The number of aromatic amines is 3. The number of benzene rings is 3. The Morgan fingerprint density at radius 2 is 0.687 bits per heavy atom. The maximum Gasteiger partial charge on any atom is 0.274 e. The molecule has 99 heavy (non-hydrogen) atoms. The predicted molar refractivity (Wildman–Crippen MR) is 383 cm³/mol. The summed E-state index contributed by atoms with van der Waals surface area (Å²) in [5, 5.41) is 77.8. The minimum absolute atomic E-state index is 0.101. The van der Waals surface area contributed by atoms with Crippen LogP contribution in [0.5, 0.6) is 17.2 Å². The van der Waals surface area contributed by atoms with Crippen molar-refractivity contribution < 1.29 is 63.4 Å². The summed E-state index contributed by atoms with van der Waals surface area (Å²) in [5.41, 5.74) is 11.3. The van der Waals surface area contributed by atoms with Crippen molar-refractivity contribution in [2.45, 2.75) is 105 Å². The smallest absolute Gasteiger partial charge is 0.274 e. The van der Waals surface area contributed by atoms with E-state index in [4.69, 9.17) is 19.3 Å². The summed E-state index contributed by atoms with van der Waals surface area (Å²) in [5.74, 6) is -1.47. The molecule has 0 radical (unpaired) electrons. The number of aliphatic hydroxyl groups excluding tert-OH is 1. The van der Waals surface area contributed by atoms with Crippen LogP contribution in [0.25, 0.3) is 33.8 Å². The van der Waals surface area contributed by atoms with E-state index in [0.717, 1.165) is 125 Å². The monoisotopic (exact) mass is 1410 g/mol. The number of aryl methyl sites for hydroxylation is 6. The number of hydrogen-bond donors (Lipinski definition) is 13. The van der Waals surface area contributed by atoms with Crippen LogP contribution in [0, 0.1) is 20.8 Å². The van der Waals surface area contributed by atoms with E-state index < -0.39 is 0 Å². The number of carbonyl (C=O) groups excluding carboxylic acids is 6. The van der Waals surface area contributed by atoms with Crippen molar-refractivity contribution in [1.29, 1.82) is 0 Å². The molecule has 0 fully saturated rings. The Morgan fingerprint density at radius 3 is 0.939 bits per heavy atom. The summed E-state index contributed by atoms with van der Waals surface area (Å²) < 4.78 is 15.1. The Bertz CT molecular complexity index is 3900. The molecule has 524 valence electrons. The molecule has 0 aliphatic heterocycles. The van der Waals surface area contributed by atoms with E-state index in [9.17, 15) is 44.1 Å². The number of nitrogens with zero attached hydrogens (tertiary/aromatic N) is 3. The molecule has 6 heterocycles. The van der Waals surface area contributed by atoms with Crippen molar-refractivity contribution in [2.24, 2.45) is 0 Å². The first kappa shape index (κ1) is 73.7. The highest BCUT2D eigenvalue weighted by Gasteiger charge is 2.31. The van der Waals surface area contributed by atoms with Crippen LogP contribution in [0.2, 0.25) is 0 Å². The second kappa shape index (κ2) is 35.3. The van der Waals surface area contributed by atoms with Crippen LogP contribution in [0.3, 0.4) is 0 Å². The largest absolute Gasteiger partial charge is 0.507 e. The van der Waals surface area contributed by atoms with Crippen LogP contribution in [0.1, 0.15) is 156 Å². The van der Waals surface area contributed by atoms with Gasteiger partial charge in [0, 0.05) is 78.9 Å². The number of aromatic nitrogens is 6. The third-order valence-electron chi connectivity index (χ3n) is 16.4. The number of nitrogens with one attached hydrogen (secondary N) is 9. The minimum Gasteiger partial charge on any atom is -0.507 e. The van der Waals surface area contributed by atoms with Crippen molar-refractivity contribution in [3.05, 3.63) is 155 Å². The van der Waals surface area contributed by atoms with Gasteiger partial charge in [0.05, 0.1) is 53.6 Å². The van der Waals surface area contributed by atoms with E-state index in [0.29, 0.717) is 105 Å². The first-order valence-corrected chi connectivity index (χ1v) is 35.2. The highest BCUT2D eigenvalue weighted by molar-refractivity contribution is 7.17. The number of phenolic OH excluding ortho intramolecular Hbond substituents is 3. The second-order valence-electron chi connectivity index (χ2n) is 23.7. The SMILES string of the molecule is CCO.COCCNC(=O)c1c(NC(=O)c2cc(-c3ccc(C)cc3O)n[nH]2)sc2c1CCCC2.COCCNC(=O)c1c(NC(=O)c2cc(-c3ccc(C)cc3O)n[nH]2)sc2c1CCCC2.COCCNC(=O)c1c(NC(=O)c2cc(-c3ccc(C)cc3O)n[nH]2)sc2c1CCCC2. The molecule has 0 atom stereocenters. The van der Waals surface area contributed by atoms with Crippen LogP contribution >= 0.6 is 34.0 Å². The zero-order valence-electron chi connectivity index (χ0n) is 56.4. The van der Waals surface area contributed by atoms with Gasteiger partial charge in [-0.2, -0.15) is 15.3 Å². The van der Waals surface area contributed by atoms with E-state index in [2.05, 4.69) is 62.5 Å². The highest BCUT2D eigenvalue weighted by Crippen LogP contribution is 2.42. The number of phenols is 3. The van der Waals surface area contributed by atoms with Gasteiger partial charge in [-0.15, -0.1) is 34.0 Å². The van der Waals surface area contributed by atoms with Crippen molar-refractivity contribution >= 4 is 84.5 Å². The average molecular weight is 1410 g/mol. The molecule has 3 aliphatic rings. The molecule has 3 aromatic carbocycles. The fraction of sp³-hybridized carbons (Fsp3) is 0.366. The van der Waals surface area contributed by atoms with Crippen molar-refractivity contribution in [3.63, 3.8) is 0 Å². The Hall–Kier alpha value is -9.55. The molecule has 6 aromatic heterocycles. The summed E-state index contributed by atoms with van der Waals surface area (Å²) in [6.07, 6.45) is 11.5. The number of aliphatic hydroxyl groups is 1. The third kappa shape index (κ3) is 18.6. The molecule has 28 heteroatoms. The number of H-pyrrole nitrogens is 3. The van der Waals surface area contributed by atoms with Gasteiger partial charge in [0.1, 0.15) is 49.3 Å². The Labute approximate surface area is 584 Å². The number of anilines is 3. The van der Waals surface area contributed by atoms with Gasteiger partial charge in [0.15, 0.2) is 0 Å². The summed E-state index contributed by atoms with van der Waals surface area (Å²) in [7, 11) is 4.75. The normalized spacial score (nSPS) is 12.7. The second-order valence-corrected chi connectivity index (χ2v) is 27.0. The molecule has 6 amide bonds. The standard InChI is InChI=1S/3C23H26N4O4S.C2H6O/c3*1-13-7-8-14(18(28)11-13)16-12-17(27-26-16)21(29)25-23-20(22(30)24-9-10-31-2)15-5-3-4-6-19(15)32-23;1-2-3/h3*7-8,11-12,28H,3-6,9-10H2,1-2H3,(H,24,30)(H,25,29)(H,26,27);3H,2H2,1H3. The lowest BCUT2D eigenvalue weighted by Gasteiger charge is -2.13. The number of rotatable bonds is 21. The zero-order chi connectivity index (χ0) is 70.7.